The van der Waals surface area contributed by atoms with Gasteiger partial charge in [-0.3, -0.25) is 0 Å². The Morgan fingerprint density at radius 1 is 1.40 bits per heavy atom. The average Bonchev–Trinajstić information content (AvgIpc) is 2.65. The molecule has 0 radical (unpaired) electrons. The van der Waals surface area contributed by atoms with Crippen LogP contribution in [0.4, 0.5) is 0 Å². The maximum Gasteiger partial charge on any atom is 0.0285 e. The molecule has 1 heterocycles. The number of thiophene rings is 1. The van der Waals surface area contributed by atoms with E-state index in [0.29, 0.717) is 5.41 Å². The third-order valence-electron chi connectivity index (χ3n) is 3.01. The van der Waals surface area contributed by atoms with Crippen LogP contribution in [0.2, 0.25) is 0 Å². The normalized spacial score (nSPS) is 25.7. The SMILES string of the molecule is BrCC1(Cc2cc(Br)cs2)CC=CCC1. The maximum atomic E-state index is 3.69. The van der Waals surface area contributed by atoms with Crippen LogP contribution in [-0.4, -0.2) is 5.33 Å². The van der Waals surface area contributed by atoms with Crippen molar-refractivity contribution in [2.45, 2.75) is 25.7 Å². The molecule has 1 aromatic heterocycles. The van der Waals surface area contributed by atoms with Crippen molar-refractivity contribution < 1.29 is 0 Å². The largest absolute Gasteiger partial charge is 0.148 e. The van der Waals surface area contributed by atoms with Gasteiger partial charge in [-0.2, -0.15) is 0 Å². The predicted octanol–water partition coefficient (Wildman–Crippen LogP) is 5.17. The lowest BCUT2D eigenvalue weighted by atomic mass is 9.76. The molecule has 0 saturated carbocycles. The van der Waals surface area contributed by atoms with E-state index in [9.17, 15) is 0 Å². The van der Waals surface area contributed by atoms with Crippen molar-refractivity contribution in [1.82, 2.24) is 0 Å². The van der Waals surface area contributed by atoms with E-state index in [1.165, 1.54) is 35.0 Å². The molecule has 0 nitrogen and oxygen atoms in total. The minimum Gasteiger partial charge on any atom is -0.148 e. The highest BCUT2D eigenvalue weighted by atomic mass is 79.9. The molecule has 1 aliphatic carbocycles. The molecule has 15 heavy (non-hydrogen) atoms. The molecule has 1 aliphatic rings. The monoisotopic (exact) mass is 348 g/mol. The first-order valence-electron chi connectivity index (χ1n) is 5.18. The van der Waals surface area contributed by atoms with Gasteiger partial charge in [0, 0.05) is 20.1 Å². The Kier molecular flexibility index (Phi) is 4.08. The molecule has 2 rings (SSSR count). The summed E-state index contributed by atoms with van der Waals surface area (Å²) in [6, 6.07) is 2.26. The summed E-state index contributed by atoms with van der Waals surface area (Å²) in [6.45, 7) is 0. The van der Waals surface area contributed by atoms with Crippen LogP contribution >= 0.6 is 43.2 Å². The summed E-state index contributed by atoms with van der Waals surface area (Å²) in [5, 5.41) is 3.29. The first-order valence-corrected chi connectivity index (χ1v) is 7.97. The number of allylic oxidation sites excluding steroid dienone is 2. The van der Waals surface area contributed by atoms with Gasteiger partial charge in [0.15, 0.2) is 0 Å². The molecular formula is C12H14Br2S. The fraction of sp³-hybridized carbons (Fsp3) is 0.500. The summed E-state index contributed by atoms with van der Waals surface area (Å²) in [6.07, 6.45) is 9.62. The zero-order valence-corrected chi connectivity index (χ0v) is 12.5. The molecule has 1 atom stereocenters. The molecule has 3 heteroatoms. The first kappa shape index (κ1) is 11.9. The van der Waals surface area contributed by atoms with Crippen LogP contribution in [0.3, 0.4) is 0 Å². The van der Waals surface area contributed by atoms with Crippen molar-refractivity contribution in [3.63, 3.8) is 0 Å². The topological polar surface area (TPSA) is 0 Å². The Morgan fingerprint density at radius 3 is 2.80 bits per heavy atom. The average molecular weight is 350 g/mol. The van der Waals surface area contributed by atoms with E-state index in [2.05, 4.69) is 55.5 Å². The summed E-state index contributed by atoms with van der Waals surface area (Å²) in [4.78, 5) is 1.50. The number of alkyl halides is 1. The lowest BCUT2D eigenvalue weighted by molar-refractivity contribution is 0.303. The summed E-state index contributed by atoms with van der Waals surface area (Å²) < 4.78 is 1.22. The molecule has 0 aromatic carbocycles. The van der Waals surface area contributed by atoms with Crippen molar-refractivity contribution in [1.29, 1.82) is 0 Å². The number of hydrogen-bond donors (Lipinski definition) is 0. The first-order chi connectivity index (χ1) is 7.24. The van der Waals surface area contributed by atoms with Crippen LogP contribution in [0.25, 0.3) is 0 Å². The Bertz CT molecular complexity index is 356. The second-order valence-corrected chi connectivity index (χ2v) is 6.73. The van der Waals surface area contributed by atoms with Crippen molar-refractivity contribution in [3.05, 3.63) is 32.9 Å². The highest BCUT2D eigenvalue weighted by Crippen LogP contribution is 2.39. The number of rotatable bonds is 3. The molecule has 0 saturated heterocycles. The zero-order chi connectivity index (χ0) is 10.7. The molecular weight excluding hydrogens is 336 g/mol. The minimum atomic E-state index is 0.457. The fourth-order valence-corrected chi connectivity index (χ4v) is 4.42. The summed E-state index contributed by atoms with van der Waals surface area (Å²) in [5.41, 5.74) is 0.457. The van der Waals surface area contributed by atoms with Crippen LogP contribution < -0.4 is 0 Å². The molecule has 82 valence electrons. The van der Waals surface area contributed by atoms with Gasteiger partial charge in [0.1, 0.15) is 0 Å². The zero-order valence-electron chi connectivity index (χ0n) is 8.51. The molecule has 0 aliphatic heterocycles. The lowest BCUT2D eigenvalue weighted by Gasteiger charge is -2.32. The maximum absolute atomic E-state index is 3.69. The molecule has 0 N–H and O–H groups in total. The van der Waals surface area contributed by atoms with E-state index in [-0.39, 0.29) is 0 Å². The molecule has 0 bridgehead atoms. The minimum absolute atomic E-state index is 0.457. The molecule has 0 amide bonds. The summed E-state index contributed by atoms with van der Waals surface area (Å²) >= 11 is 9.08. The second-order valence-electron chi connectivity index (χ2n) is 4.26. The van der Waals surface area contributed by atoms with Crippen molar-refractivity contribution in [2.75, 3.05) is 5.33 Å². The van der Waals surface area contributed by atoms with E-state index >= 15 is 0 Å². The van der Waals surface area contributed by atoms with E-state index in [1.807, 2.05) is 11.3 Å². The van der Waals surface area contributed by atoms with Crippen LogP contribution in [0, 0.1) is 5.41 Å². The predicted molar refractivity (Wildman–Crippen MR) is 74.9 cm³/mol. The fourth-order valence-electron chi connectivity index (χ4n) is 2.09. The van der Waals surface area contributed by atoms with Gasteiger partial charge in [-0.1, -0.05) is 28.1 Å². The molecule has 0 spiro atoms. The second kappa shape index (κ2) is 5.15. The van der Waals surface area contributed by atoms with Crippen LogP contribution in [0.15, 0.2) is 28.1 Å². The van der Waals surface area contributed by atoms with Crippen LogP contribution in [-0.2, 0) is 6.42 Å². The van der Waals surface area contributed by atoms with Gasteiger partial charge < -0.3 is 0 Å². The van der Waals surface area contributed by atoms with Crippen LogP contribution in [0.1, 0.15) is 24.1 Å². The van der Waals surface area contributed by atoms with Crippen molar-refractivity contribution >= 4 is 43.2 Å². The third kappa shape index (κ3) is 2.95. The highest BCUT2D eigenvalue weighted by molar-refractivity contribution is 9.10. The van der Waals surface area contributed by atoms with E-state index < -0.39 is 0 Å². The smallest absolute Gasteiger partial charge is 0.0285 e. The van der Waals surface area contributed by atoms with E-state index in [1.54, 1.807) is 0 Å². The highest BCUT2D eigenvalue weighted by Gasteiger charge is 2.29. The van der Waals surface area contributed by atoms with Gasteiger partial charge in [-0.25, -0.2) is 0 Å². The molecule has 1 aromatic rings. The summed E-state index contributed by atoms with van der Waals surface area (Å²) in [5.74, 6) is 0. The van der Waals surface area contributed by atoms with Crippen molar-refractivity contribution in [3.8, 4) is 0 Å². The number of hydrogen-bond acceptors (Lipinski definition) is 1. The molecule has 1 unspecified atom stereocenters. The van der Waals surface area contributed by atoms with Gasteiger partial charge in [-0.05, 0) is 53.1 Å². The Hall–Kier alpha value is 0.400. The van der Waals surface area contributed by atoms with Gasteiger partial charge in [0.25, 0.3) is 0 Å². The van der Waals surface area contributed by atoms with Gasteiger partial charge in [0.2, 0.25) is 0 Å². The Morgan fingerprint density at radius 2 is 2.27 bits per heavy atom. The van der Waals surface area contributed by atoms with Crippen molar-refractivity contribution in [2.24, 2.45) is 5.41 Å². The quantitative estimate of drug-likeness (QED) is 0.521. The van der Waals surface area contributed by atoms with Crippen LogP contribution in [0.5, 0.6) is 0 Å². The summed E-state index contributed by atoms with van der Waals surface area (Å²) in [7, 11) is 0. The Labute approximate surface area is 112 Å². The Balaban J connectivity index is 2.10. The van der Waals surface area contributed by atoms with E-state index in [4.69, 9.17) is 0 Å². The van der Waals surface area contributed by atoms with Gasteiger partial charge >= 0.3 is 0 Å². The molecule has 0 fully saturated rings. The van der Waals surface area contributed by atoms with Gasteiger partial charge in [0.05, 0.1) is 0 Å². The standard InChI is InChI=1S/C12H14Br2S/c13-9-12(4-2-1-3-5-12)7-11-6-10(14)8-15-11/h1-2,6,8H,3-5,7,9H2. The third-order valence-corrected chi connectivity index (χ3v) is 5.90. The lowest BCUT2D eigenvalue weighted by Crippen LogP contribution is -2.26. The number of halogens is 2. The van der Waals surface area contributed by atoms with Gasteiger partial charge in [-0.15, -0.1) is 11.3 Å². The van der Waals surface area contributed by atoms with E-state index in [0.717, 1.165) is 5.33 Å².